The summed E-state index contributed by atoms with van der Waals surface area (Å²) < 4.78 is 6.80. The Bertz CT molecular complexity index is 1020. The molecule has 3 aromatic rings. The average molecular weight is 379 g/mol. The van der Waals surface area contributed by atoms with E-state index in [1.807, 2.05) is 29.6 Å². The summed E-state index contributed by atoms with van der Waals surface area (Å²) in [6, 6.07) is 11.4. The minimum Gasteiger partial charge on any atom is -0.380 e. The second-order valence-corrected chi connectivity index (χ2v) is 7.16. The lowest BCUT2D eigenvalue weighted by Crippen LogP contribution is -2.28. The number of rotatable bonds is 5. The van der Waals surface area contributed by atoms with E-state index in [1.54, 1.807) is 29.0 Å². The van der Waals surface area contributed by atoms with E-state index >= 15 is 0 Å². The van der Waals surface area contributed by atoms with Crippen LogP contribution in [0.4, 0.5) is 5.00 Å². The molecule has 27 heavy (non-hydrogen) atoms. The monoisotopic (exact) mass is 379 g/mol. The molecule has 0 saturated carbocycles. The van der Waals surface area contributed by atoms with Crippen molar-refractivity contribution in [2.75, 3.05) is 18.6 Å². The summed E-state index contributed by atoms with van der Waals surface area (Å²) in [5, 5.41) is 20.2. The fraction of sp³-hybridized carbons (Fsp3) is 0.263. The van der Waals surface area contributed by atoms with Crippen LogP contribution in [-0.2, 0) is 16.1 Å². The second kappa shape index (κ2) is 7.31. The number of anilines is 1. The third kappa shape index (κ3) is 3.23. The van der Waals surface area contributed by atoms with Crippen LogP contribution in [0.3, 0.4) is 0 Å². The van der Waals surface area contributed by atoms with Crippen molar-refractivity contribution in [2.24, 2.45) is 0 Å². The molecule has 2 aromatic heterocycles. The minimum atomic E-state index is -0.401. The molecule has 1 saturated heterocycles. The number of nitriles is 1. The topological polar surface area (TPSA) is 84.0 Å². The molecule has 8 heteroatoms. The largest absolute Gasteiger partial charge is 0.380 e. The quantitative estimate of drug-likeness (QED) is 0.680. The van der Waals surface area contributed by atoms with Crippen molar-refractivity contribution in [1.82, 2.24) is 15.0 Å². The zero-order valence-electron chi connectivity index (χ0n) is 14.7. The number of aromatic nitrogens is 3. The first-order valence-electron chi connectivity index (χ1n) is 8.50. The highest BCUT2D eigenvalue weighted by Crippen LogP contribution is 2.34. The molecule has 1 fully saturated rings. The molecule has 0 N–H and O–H groups in total. The molecule has 1 unspecified atom stereocenters. The Morgan fingerprint density at radius 1 is 1.41 bits per heavy atom. The van der Waals surface area contributed by atoms with Crippen molar-refractivity contribution in [3.05, 3.63) is 53.0 Å². The van der Waals surface area contributed by atoms with Crippen molar-refractivity contribution >= 4 is 22.2 Å². The Kier molecular flexibility index (Phi) is 4.71. The molecule has 0 aliphatic carbocycles. The van der Waals surface area contributed by atoms with Crippen molar-refractivity contribution in [3.63, 3.8) is 0 Å². The lowest BCUT2D eigenvalue weighted by molar-refractivity contribution is -0.120. The number of nitrogens with zero attached hydrogens (tertiary/aromatic N) is 5. The molecular weight excluding hydrogens is 362 g/mol. The molecule has 0 bridgehead atoms. The molecule has 3 heterocycles. The molecule has 7 nitrogen and oxygen atoms in total. The lowest BCUT2D eigenvalue weighted by Gasteiger charge is -2.14. The molecular formula is C19H17N5O2S. The molecule has 1 atom stereocenters. The first-order valence-corrected chi connectivity index (χ1v) is 9.38. The Balaban J connectivity index is 1.57. The zero-order valence-corrected chi connectivity index (χ0v) is 15.5. The van der Waals surface area contributed by atoms with Crippen LogP contribution in [0.2, 0.25) is 0 Å². The summed E-state index contributed by atoms with van der Waals surface area (Å²) in [6.45, 7) is 1.09. The number of methoxy groups -OCH3 is 1. The van der Waals surface area contributed by atoms with Crippen molar-refractivity contribution in [3.8, 4) is 17.3 Å². The van der Waals surface area contributed by atoms with Crippen LogP contribution in [0, 0.1) is 11.3 Å². The van der Waals surface area contributed by atoms with Gasteiger partial charge in [-0.1, -0.05) is 23.4 Å². The van der Waals surface area contributed by atoms with Crippen LogP contribution in [-0.4, -0.2) is 34.6 Å². The van der Waals surface area contributed by atoms with Crippen LogP contribution < -0.4 is 4.90 Å². The fourth-order valence-corrected chi connectivity index (χ4v) is 4.14. The smallest absolute Gasteiger partial charge is 0.252 e. The first kappa shape index (κ1) is 17.4. The number of ether oxygens (including phenoxy) is 1. The number of amides is 1. The number of benzene rings is 1. The highest BCUT2D eigenvalue weighted by Gasteiger charge is 2.36. The Labute approximate surface area is 160 Å². The molecule has 4 rings (SSSR count). The number of carbonyl (C=O) groups excluding carboxylic acids is 1. The molecule has 0 radical (unpaired) electrons. The Morgan fingerprint density at radius 2 is 2.30 bits per heavy atom. The molecule has 1 aliphatic heterocycles. The van der Waals surface area contributed by atoms with Crippen LogP contribution in [0.25, 0.3) is 11.3 Å². The van der Waals surface area contributed by atoms with Gasteiger partial charge in [-0.3, -0.25) is 4.79 Å². The lowest BCUT2D eigenvalue weighted by atomic mass is 10.1. The van der Waals surface area contributed by atoms with E-state index in [0.29, 0.717) is 35.8 Å². The van der Waals surface area contributed by atoms with Crippen LogP contribution >= 0.6 is 11.3 Å². The highest BCUT2D eigenvalue weighted by atomic mass is 32.1. The summed E-state index contributed by atoms with van der Waals surface area (Å²) in [7, 11) is 1.66. The molecule has 0 spiro atoms. The summed E-state index contributed by atoms with van der Waals surface area (Å²) in [5.41, 5.74) is 3.23. The van der Waals surface area contributed by atoms with Gasteiger partial charge in [-0.15, -0.1) is 16.4 Å². The van der Waals surface area contributed by atoms with Gasteiger partial charge in [-0.25, -0.2) is 4.68 Å². The predicted molar refractivity (Wildman–Crippen MR) is 101 cm³/mol. The Hall–Kier alpha value is -3.02. The maximum Gasteiger partial charge on any atom is 0.252 e. The third-order valence-corrected chi connectivity index (χ3v) is 5.49. The van der Waals surface area contributed by atoms with Gasteiger partial charge >= 0.3 is 0 Å². The van der Waals surface area contributed by atoms with E-state index in [4.69, 9.17) is 4.74 Å². The first-order chi connectivity index (χ1) is 13.2. The SMILES string of the molecule is COCc1cccc(-c2cn(C3CCN(c4sccc4C#N)C3=O)nn2)c1. The van der Waals surface area contributed by atoms with E-state index in [0.717, 1.165) is 11.1 Å². The summed E-state index contributed by atoms with van der Waals surface area (Å²) >= 11 is 1.41. The van der Waals surface area contributed by atoms with Crippen molar-refractivity contribution in [2.45, 2.75) is 19.1 Å². The van der Waals surface area contributed by atoms with Gasteiger partial charge in [0.1, 0.15) is 22.8 Å². The molecule has 136 valence electrons. The van der Waals surface area contributed by atoms with Crippen LogP contribution in [0.5, 0.6) is 0 Å². The van der Waals surface area contributed by atoms with Gasteiger partial charge in [-0.05, 0) is 29.5 Å². The van der Waals surface area contributed by atoms with Gasteiger partial charge in [0.05, 0.1) is 18.4 Å². The summed E-state index contributed by atoms with van der Waals surface area (Å²) in [5.74, 6) is -0.0569. The third-order valence-electron chi connectivity index (χ3n) is 4.55. The Morgan fingerprint density at radius 3 is 3.11 bits per heavy atom. The van der Waals surface area contributed by atoms with Crippen LogP contribution in [0.15, 0.2) is 41.9 Å². The van der Waals surface area contributed by atoms with E-state index in [1.165, 1.54) is 11.3 Å². The normalized spacial score (nSPS) is 16.7. The van der Waals surface area contributed by atoms with E-state index < -0.39 is 6.04 Å². The van der Waals surface area contributed by atoms with E-state index in [9.17, 15) is 10.1 Å². The van der Waals surface area contributed by atoms with Crippen molar-refractivity contribution in [1.29, 1.82) is 5.26 Å². The number of hydrogen-bond donors (Lipinski definition) is 0. The average Bonchev–Trinajstić information content (AvgIpc) is 3.41. The zero-order chi connectivity index (χ0) is 18.8. The second-order valence-electron chi connectivity index (χ2n) is 6.26. The molecule has 1 aromatic carbocycles. The molecule has 1 aliphatic rings. The maximum absolute atomic E-state index is 12.9. The van der Waals surface area contributed by atoms with Gasteiger partial charge < -0.3 is 9.64 Å². The van der Waals surface area contributed by atoms with Crippen molar-refractivity contribution < 1.29 is 9.53 Å². The maximum atomic E-state index is 12.9. The number of carbonyl (C=O) groups is 1. The fourth-order valence-electron chi connectivity index (χ4n) is 3.26. The van der Waals surface area contributed by atoms with Crippen LogP contribution in [0.1, 0.15) is 23.6 Å². The number of thiophene rings is 1. The van der Waals surface area contributed by atoms with E-state index in [-0.39, 0.29) is 5.91 Å². The van der Waals surface area contributed by atoms with Gasteiger partial charge in [0, 0.05) is 19.2 Å². The van der Waals surface area contributed by atoms with E-state index in [2.05, 4.69) is 16.4 Å². The number of hydrogen-bond acceptors (Lipinski definition) is 6. The van der Waals surface area contributed by atoms with Gasteiger partial charge in [-0.2, -0.15) is 5.26 Å². The summed E-state index contributed by atoms with van der Waals surface area (Å²) in [6.07, 6.45) is 2.44. The molecule has 1 amide bonds. The predicted octanol–water partition coefficient (Wildman–Crippen LogP) is 3.00. The standard InChI is InChI=1S/C19H17N5O2S/c1-26-12-13-3-2-4-14(9-13)16-11-24(22-21-16)17-5-7-23(18(17)25)19-15(10-20)6-8-27-19/h2-4,6,8-9,11,17H,5,7,12H2,1H3. The van der Waals surface area contributed by atoms with Gasteiger partial charge in [0.2, 0.25) is 0 Å². The van der Waals surface area contributed by atoms with Gasteiger partial charge in [0.15, 0.2) is 0 Å². The highest BCUT2D eigenvalue weighted by molar-refractivity contribution is 7.14. The summed E-state index contributed by atoms with van der Waals surface area (Å²) in [4.78, 5) is 14.6. The van der Waals surface area contributed by atoms with Gasteiger partial charge in [0.25, 0.3) is 5.91 Å². The minimum absolute atomic E-state index is 0.0569.